The number of benzene rings is 1. The second-order valence-corrected chi connectivity index (χ2v) is 8.46. The topological polar surface area (TPSA) is 86.7 Å². The first-order valence-electron chi connectivity index (χ1n) is 9.93. The van der Waals surface area contributed by atoms with Crippen molar-refractivity contribution in [2.75, 3.05) is 13.1 Å². The maximum atomic E-state index is 12.5. The predicted molar refractivity (Wildman–Crippen MR) is 124 cm³/mol. The summed E-state index contributed by atoms with van der Waals surface area (Å²) in [6, 6.07) is 9.82. The van der Waals surface area contributed by atoms with E-state index in [1.165, 1.54) is 11.8 Å². The maximum Gasteiger partial charge on any atom is 0.303 e. The molecule has 0 aromatic heterocycles. The molecule has 1 aliphatic rings. The summed E-state index contributed by atoms with van der Waals surface area (Å²) in [4.78, 5) is 37.0. The molecule has 1 aromatic rings. The number of carboxylic acid groups (broad SMARTS) is 1. The SMILES string of the molecule is O=C(O)CCCCCNC(=O)CCCN1C(=O)/C(=C/C=C/c2ccccc2)SC1=S. The minimum Gasteiger partial charge on any atom is -0.481 e. The van der Waals surface area contributed by atoms with E-state index in [-0.39, 0.29) is 18.2 Å². The third-order valence-corrected chi connectivity index (χ3v) is 5.78. The summed E-state index contributed by atoms with van der Waals surface area (Å²) in [7, 11) is 0. The van der Waals surface area contributed by atoms with Crippen molar-refractivity contribution in [2.24, 2.45) is 0 Å². The molecule has 1 fully saturated rings. The quantitative estimate of drug-likeness (QED) is 0.287. The average molecular weight is 447 g/mol. The van der Waals surface area contributed by atoms with Crippen molar-refractivity contribution in [3.05, 3.63) is 53.0 Å². The van der Waals surface area contributed by atoms with Crippen LogP contribution in [0, 0.1) is 0 Å². The number of hydrogen-bond donors (Lipinski definition) is 2. The van der Waals surface area contributed by atoms with Crippen LogP contribution in [0.2, 0.25) is 0 Å². The van der Waals surface area contributed by atoms with Gasteiger partial charge in [0.15, 0.2) is 0 Å². The Hall–Kier alpha value is -2.45. The number of thiocarbonyl (C=S) groups is 1. The fourth-order valence-corrected chi connectivity index (χ4v) is 4.07. The van der Waals surface area contributed by atoms with Crippen LogP contribution >= 0.6 is 24.0 Å². The molecule has 0 atom stereocenters. The summed E-state index contributed by atoms with van der Waals surface area (Å²) in [5.74, 6) is -0.988. The molecule has 1 heterocycles. The molecule has 1 aliphatic heterocycles. The van der Waals surface area contributed by atoms with Gasteiger partial charge in [0.25, 0.3) is 5.91 Å². The van der Waals surface area contributed by atoms with Crippen LogP contribution in [0.4, 0.5) is 0 Å². The van der Waals surface area contributed by atoms with Crippen LogP contribution in [-0.4, -0.2) is 45.2 Å². The van der Waals surface area contributed by atoms with Crippen LogP contribution in [0.3, 0.4) is 0 Å². The Kier molecular flexibility index (Phi) is 10.3. The van der Waals surface area contributed by atoms with E-state index < -0.39 is 5.97 Å². The first kappa shape index (κ1) is 23.8. The van der Waals surface area contributed by atoms with Gasteiger partial charge in [-0.1, -0.05) is 72.9 Å². The van der Waals surface area contributed by atoms with E-state index in [0.29, 0.717) is 41.6 Å². The molecule has 1 saturated heterocycles. The molecule has 0 bridgehead atoms. The van der Waals surface area contributed by atoms with Gasteiger partial charge in [0.1, 0.15) is 4.32 Å². The van der Waals surface area contributed by atoms with Gasteiger partial charge in [0.05, 0.1) is 4.91 Å². The maximum absolute atomic E-state index is 12.5. The Balaban J connectivity index is 1.68. The molecular formula is C22H26N2O4S2. The highest BCUT2D eigenvalue weighted by Gasteiger charge is 2.31. The molecule has 0 aliphatic carbocycles. The number of nitrogens with zero attached hydrogens (tertiary/aromatic N) is 1. The third kappa shape index (κ3) is 8.51. The van der Waals surface area contributed by atoms with E-state index in [4.69, 9.17) is 17.3 Å². The summed E-state index contributed by atoms with van der Waals surface area (Å²) in [6.45, 7) is 0.951. The predicted octanol–water partition coefficient (Wildman–Crippen LogP) is 3.99. The van der Waals surface area contributed by atoms with Crippen LogP contribution in [-0.2, 0) is 14.4 Å². The number of unbranched alkanes of at least 4 members (excludes halogenated alkanes) is 2. The number of allylic oxidation sites excluding steroid dienone is 2. The van der Waals surface area contributed by atoms with Crippen LogP contribution in [0.15, 0.2) is 47.4 Å². The Bertz CT molecular complexity index is 822. The fraction of sp³-hybridized carbons (Fsp3) is 0.364. The molecular weight excluding hydrogens is 420 g/mol. The summed E-state index contributed by atoms with van der Waals surface area (Å²) in [5, 5.41) is 11.4. The van der Waals surface area contributed by atoms with Crippen molar-refractivity contribution in [3.63, 3.8) is 0 Å². The number of rotatable bonds is 12. The van der Waals surface area contributed by atoms with Gasteiger partial charge >= 0.3 is 5.97 Å². The highest BCUT2D eigenvalue weighted by atomic mass is 32.2. The Labute approximate surface area is 186 Å². The summed E-state index contributed by atoms with van der Waals surface area (Å²) in [6.07, 6.45) is 8.70. The summed E-state index contributed by atoms with van der Waals surface area (Å²) >= 11 is 6.58. The molecule has 30 heavy (non-hydrogen) atoms. The highest BCUT2D eigenvalue weighted by Crippen LogP contribution is 2.31. The Morgan fingerprint density at radius 2 is 1.87 bits per heavy atom. The van der Waals surface area contributed by atoms with E-state index in [1.54, 1.807) is 11.0 Å². The molecule has 2 amide bonds. The van der Waals surface area contributed by atoms with Gasteiger partial charge < -0.3 is 10.4 Å². The van der Waals surface area contributed by atoms with E-state index >= 15 is 0 Å². The van der Waals surface area contributed by atoms with E-state index in [9.17, 15) is 14.4 Å². The van der Waals surface area contributed by atoms with Gasteiger partial charge in [-0.2, -0.15) is 0 Å². The lowest BCUT2D eigenvalue weighted by atomic mass is 10.2. The van der Waals surface area contributed by atoms with Crippen molar-refractivity contribution in [2.45, 2.75) is 38.5 Å². The first-order valence-corrected chi connectivity index (χ1v) is 11.2. The van der Waals surface area contributed by atoms with Crippen LogP contribution in [0.25, 0.3) is 6.08 Å². The van der Waals surface area contributed by atoms with Gasteiger partial charge in [0, 0.05) is 25.9 Å². The summed E-state index contributed by atoms with van der Waals surface area (Å²) in [5.41, 5.74) is 1.05. The molecule has 2 N–H and O–H groups in total. The smallest absolute Gasteiger partial charge is 0.303 e. The van der Waals surface area contributed by atoms with Crippen LogP contribution < -0.4 is 5.32 Å². The second kappa shape index (κ2) is 13.0. The van der Waals surface area contributed by atoms with Gasteiger partial charge in [0.2, 0.25) is 5.91 Å². The lowest BCUT2D eigenvalue weighted by Gasteiger charge is -2.14. The van der Waals surface area contributed by atoms with Gasteiger partial charge in [-0.15, -0.1) is 0 Å². The van der Waals surface area contributed by atoms with Crippen molar-refractivity contribution >= 4 is 52.2 Å². The second-order valence-electron chi connectivity index (χ2n) is 6.78. The minimum absolute atomic E-state index is 0.0694. The summed E-state index contributed by atoms with van der Waals surface area (Å²) < 4.78 is 0.512. The molecule has 1 aromatic carbocycles. The number of carbonyl (C=O) groups is 3. The number of nitrogens with one attached hydrogen (secondary N) is 1. The Morgan fingerprint density at radius 1 is 1.10 bits per heavy atom. The lowest BCUT2D eigenvalue weighted by Crippen LogP contribution is -2.30. The number of thioether (sulfide) groups is 1. The van der Waals surface area contributed by atoms with E-state index in [1.807, 2.05) is 42.5 Å². The van der Waals surface area contributed by atoms with E-state index in [0.717, 1.165) is 18.4 Å². The zero-order valence-corrected chi connectivity index (χ0v) is 18.3. The molecule has 0 saturated carbocycles. The van der Waals surface area contributed by atoms with Crippen molar-refractivity contribution in [3.8, 4) is 0 Å². The number of carbonyl (C=O) groups excluding carboxylic acids is 2. The van der Waals surface area contributed by atoms with Gasteiger partial charge in [-0.3, -0.25) is 19.3 Å². The largest absolute Gasteiger partial charge is 0.481 e. The highest BCUT2D eigenvalue weighted by molar-refractivity contribution is 8.26. The molecule has 8 heteroatoms. The lowest BCUT2D eigenvalue weighted by molar-refractivity contribution is -0.137. The number of aliphatic carboxylic acids is 1. The molecule has 0 radical (unpaired) electrons. The minimum atomic E-state index is -0.795. The molecule has 2 rings (SSSR count). The van der Waals surface area contributed by atoms with Crippen molar-refractivity contribution in [1.29, 1.82) is 0 Å². The average Bonchev–Trinajstić information content (AvgIpc) is 2.98. The Morgan fingerprint density at radius 3 is 2.60 bits per heavy atom. The molecule has 0 spiro atoms. The number of hydrogen-bond acceptors (Lipinski definition) is 5. The fourth-order valence-electron chi connectivity index (χ4n) is 2.81. The molecule has 160 valence electrons. The van der Waals surface area contributed by atoms with Crippen molar-refractivity contribution in [1.82, 2.24) is 10.2 Å². The third-order valence-electron chi connectivity index (χ3n) is 4.38. The van der Waals surface area contributed by atoms with Crippen LogP contribution in [0.1, 0.15) is 44.1 Å². The molecule has 0 unspecified atom stereocenters. The van der Waals surface area contributed by atoms with Crippen LogP contribution in [0.5, 0.6) is 0 Å². The van der Waals surface area contributed by atoms with Crippen molar-refractivity contribution < 1.29 is 19.5 Å². The monoisotopic (exact) mass is 446 g/mol. The standard InChI is InChI=1S/C22H26N2O4S2/c25-19(23-15-6-2-5-14-20(26)27)13-8-16-24-21(28)18(30-22(24)29)12-7-11-17-9-3-1-4-10-17/h1,3-4,7,9-12H,2,5-6,8,13-16H2,(H,23,25)(H,26,27)/b11-7+,18-12-. The number of carboxylic acids is 1. The zero-order valence-electron chi connectivity index (χ0n) is 16.7. The first-order chi connectivity index (χ1) is 14.5. The molecule has 6 nitrogen and oxygen atoms in total. The number of amides is 2. The van der Waals surface area contributed by atoms with E-state index in [2.05, 4.69) is 5.32 Å². The van der Waals surface area contributed by atoms with Gasteiger partial charge in [-0.05, 0) is 30.9 Å². The van der Waals surface area contributed by atoms with Gasteiger partial charge in [-0.25, -0.2) is 0 Å². The zero-order chi connectivity index (χ0) is 21.8. The normalized spacial score (nSPS) is 15.3.